The van der Waals surface area contributed by atoms with Gasteiger partial charge in [0.2, 0.25) is 0 Å². The quantitative estimate of drug-likeness (QED) is 0.780. The van der Waals surface area contributed by atoms with Crippen LogP contribution in [0.3, 0.4) is 0 Å². The Morgan fingerprint density at radius 1 is 1.22 bits per heavy atom. The Morgan fingerprint density at radius 2 is 2.00 bits per heavy atom. The molecule has 0 heterocycles. The van der Waals surface area contributed by atoms with Gasteiger partial charge in [0.1, 0.15) is 5.75 Å². The van der Waals surface area contributed by atoms with Crippen LogP contribution in [-0.2, 0) is 6.42 Å². The lowest BCUT2D eigenvalue weighted by Crippen LogP contribution is -2.12. The monoisotopic (exact) mass is 247 g/mol. The highest BCUT2D eigenvalue weighted by Gasteiger charge is 2.18. The number of unbranched alkanes of at least 4 members (excludes halogenated alkanes) is 1. The second kappa shape index (κ2) is 6.79. The van der Waals surface area contributed by atoms with Gasteiger partial charge in [0, 0.05) is 0 Å². The van der Waals surface area contributed by atoms with E-state index in [0.717, 1.165) is 31.6 Å². The number of hydrogen-bond donors (Lipinski definition) is 1. The fraction of sp³-hybridized carbons (Fsp3) is 0.625. The Kier molecular flexibility index (Phi) is 5.06. The maximum absolute atomic E-state index is 6.19. The zero-order valence-corrected chi connectivity index (χ0v) is 11.5. The lowest BCUT2D eigenvalue weighted by Gasteiger charge is -2.18. The molecule has 0 radical (unpaired) electrons. The topological polar surface area (TPSA) is 35.2 Å². The summed E-state index contributed by atoms with van der Waals surface area (Å²) in [5.41, 5.74) is 8.31. The summed E-state index contributed by atoms with van der Waals surface area (Å²) in [4.78, 5) is 0. The number of ether oxygens (including phenoxy) is 1. The van der Waals surface area contributed by atoms with Crippen LogP contribution in [0.1, 0.15) is 49.7 Å². The number of nitrogens with two attached hydrogens (primary N) is 1. The molecule has 1 aliphatic carbocycles. The molecule has 0 aromatic heterocycles. The average Bonchev–Trinajstić information content (AvgIpc) is 2.86. The maximum Gasteiger partial charge on any atom is 0.123 e. The van der Waals surface area contributed by atoms with Crippen molar-refractivity contribution in [2.24, 2.45) is 5.73 Å². The highest BCUT2D eigenvalue weighted by molar-refractivity contribution is 5.39. The molecular weight excluding hydrogens is 222 g/mol. The van der Waals surface area contributed by atoms with E-state index in [4.69, 9.17) is 10.5 Å². The normalized spacial score (nSPS) is 16.1. The third-order valence-corrected chi connectivity index (χ3v) is 3.84. The Bertz CT molecular complexity index is 369. The van der Waals surface area contributed by atoms with E-state index in [1.54, 1.807) is 0 Å². The summed E-state index contributed by atoms with van der Waals surface area (Å²) in [5.74, 6) is 1.11. The van der Waals surface area contributed by atoms with Crippen molar-refractivity contribution in [3.8, 4) is 5.75 Å². The van der Waals surface area contributed by atoms with Crippen LogP contribution in [0, 0.1) is 6.92 Å². The van der Waals surface area contributed by atoms with Gasteiger partial charge in [-0.25, -0.2) is 0 Å². The van der Waals surface area contributed by atoms with Crippen LogP contribution >= 0.6 is 0 Å². The number of benzene rings is 1. The first-order valence-corrected chi connectivity index (χ1v) is 7.26. The van der Waals surface area contributed by atoms with Gasteiger partial charge in [-0.15, -0.1) is 0 Å². The first-order chi connectivity index (χ1) is 8.81. The van der Waals surface area contributed by atoms with E-state index in [9.17, 15) is 0 Å². The van der Waals surface area contributed by atoms with Crippen LogP contribution in [0.25, 0.3) is 0 Å². The third kappa shape index (κ3) is 3.49. The zero-order chi connectivity index (χ0) is 12.8. The Hall–Kier alpha value is -1.02. The standard InChI is InChI=1S/C16H25NO/c1-13-7-6-11-16(15(13)10-4-5-12-17)18-14-8-2-3-9-14/h6-7,11,14H,2-5,8-10,12,17H2,1H3. The van der Waals surface area contributed by atoms with Crippen molar-refractivity contribution in [3.63, 3.8) is 0 Å². The van der Waals surface area contributed by atoms with Gasteiger partial charge in [0.05, 0.1) is 6.10 Å². The van der Waals surface area contributed by atoms with Gasteiger partial charge in [-0.1, -0.05) is 12.1 Å². The van der Waals surface area contributed by atoms with Crippen molar-refractivity contribution in [1.82, 2.24) is 0 Å². The molecule has 2 N–H and O–H groups in total. The summed E-state index contributed by atoms with van der Waals surface area (Å²) >= 11 is 0. The summed E-state index contributed by atoms with van der Waals surface area (Å²) < 4.78 is 6.19. The second-order valence-corrected chi connectivity index (χ2v) is 5.32. The molecule has 100 valence electrons. The van der Waals surface area contributed by atoms with Crippen LogP contribution in [0.5, 0.6) is 5.75 Å². The number of aryl methyl sites for hydroxylation is 1. The maximum atomic E-state index is 6.19. The van der Waals surface area contributed by atoms with Crippen LogP contribution in [0.2, 0.25) is 0 Å². The van der Waals surface area contributed by atoms with Crippen molar-refractivity contribution < 1.29 is 4.74 Å². The minimum absolute atomic E-state index is 0.444. The summed E-state index contributed by atoms with van der Waals surface area (Å²) in [6.07, 6.45) is 8.86. The molecule has 1 aliphatic rings. The summed E-state index contributed by atoms with van der Waals surface area (Å²) in [6.45, 7) is 2.96. The molecule has 1 aromatic rings. The fourth-order valence-electron chi connectivity index (χ4n) is 2.74. The van der Waals surface area contributed by atoms with E-state index in [1.165, 1.54) is 36.8 Å². The lowest BCUT2D eigenvalue weighted by molar-refractivity contribution is 0.207. The number of rotatable bonds is 6. The third-order valence-electron chi connectivity index (χ3n) is 3.84. The Balaban J connectivity index is 2.04. The molecule has 0 aliphatic heterocycles. The van der Waals surface area contributed by atoms with Crippen LogP contribution in [0.4, 0.5) is 0 Å². The largest absolute Gasteiger partial charge is 0.490 e. The predicted octanol–water partition coefficient (Wildman–Crippen LogP) is 3.60. The average molecular weight is 247 g/mol. The van der Waals surface area contributed by atoms with E-state index in [1.807, 2.05) is 0 Å². The van der Waals surface area contributed by atoms with Gasteiger partial charge in [-0.05, 0) is 75.6 Å². The molecule has 1 fully saturated rings. The molecule has 2 rings (SSSR count). The molecule has 1 aromatic carbocycles. The van der Waals surface area contributed by atoms with Gasteiger partial charge in [0.15, 0.2) is 0 Å². The molecule has 0 saturated heterocycles. The molecule has 0 amide bonds. The second-order valence-electron chi connectivity index (χ2n) is 5.32. The smallest absolute Gasteiger partial charge is 0.123 e. The van der Waals surface area contributed by atoms with E-state index in [0.29, 0.717) is 6.10 Å². The Labute approximate surface area is 111 Å². The molecule has 1 saturated carbocycles. The van der Waals surface area contributed by atoms with Gasteiger partial charge in [0.25, 0.3) is 0 Å². The molecule has 2 nitrogen and oxygen atoms in total. The Morgan fingerprint density at radius 3 is 2.72 bits per heavy atom. The van der Waals surface area contributed by atoms with Crippen molar-refractivity contribution >= 4 is 0 Å². The van der Waals surface area contributed by atoms with E-state index in [2.05, 4.69) is 25.1 Å². The van der Waals surface area contributed by atoms with Crippen molar-refractivity contribution in [2.75, 3.05) is 6.54 Å². The minimum atomic E-state index is 0.444. The highest BCUT2D eigenvalue weighted by atomic mass is 16.5. The molecule has 0 spiro atoms. The summed E-state index contributed by atoms with van der Waals surface area (Å²) in [6, 6.07) is 6.41. The van der Waals surface area contributed by atoms with Crippen LogP contribution in [0.15, 0.2) is 18.2 Å². The molecule has 0 unspecified atom stereocenters. The first-order valence-electron chi connectivity index (χ1n) is 7.26. The summed E-state index contributed by atoms with van der Waals surface area (Å²) in [7, 11) is 0. The highest BCUT2D eigenvalue weighted by Crippen LogP contribution is 2.29. The predicted molar refractivity (Wildman–Crippen MR) is 76.1 cm³/mol. The van der Waals surface area contributed by atoms with Crippen molar-refractivity contribution in [2.45, 2.75) is 58.0 Å². The fourth-order valence-corrected chi connectivity index (χ4v) is 2.74. The number of hydrogen-bond acceptors (Lipinski definition) is 2. The zero-order valence-electron chi connectivity index (χ0n) is 11.5. The molecular formula is C16H25NO. The lowest BCUT2D eigenvalue weighted by atomic mass is 10.0. The van der Waals surface area contributed by atoms with Crippen LogP contribution in [-0.4, -0.2) is 12.6 Å². The van der Waals surface area contributed by atoms with Crippen LogP contribution < -0.4 is 10.5 Å². The van der Waals surface area contributed by atoms with E-state index < -0.39 is 0 Å². The minimum Gasteiger partial charge on any atom is -0.490 e. The van der Waals surface area contributed by atoms with E-state index >= 15 is 0 Å². The molecule has 0 bridgehead atoms. The van der Waals surface area contributed by atoms with Gasteiger partial charge in [-0.2, -0.15) is 0 Å². The van der Waals surface area contributed by atoms with Crippen molar-refractivity contribution in [3.05, 3.63) is 29.3 Å². The molecule has 18 heavy (non-hydrogen) atoms. The SMILES string of the molecule is Cc1cccc(OC2CCCC2)c1CCCCN. The summed E-state index contributed by atoms with van der Waals surface area (Å²) in [5, 5.41) is 0. The molecule has 2 heteroatoms. The van der Waals surface area contributed by atoms with Crippen molar-refractivity contribution in [1.29, 1.82) is 0 Å². The van der Waals surface area contributed by atoms with Gasteiger partial charge >= 0.3 is 0 Å². The first kappa shape index (κ1) is 13.4. The van der Waals surface area contributed by atoms with E-state index in [-0.39, 0.29) is 0 Å². The van der Waals surface area contributed by atoms with Gasteiger partial charge in [-0.3, -0.25) is 0 Å². The van der Waals surface area contributed by atoms with Gasteiger partial charge < -0.3 is 10.5 Å². The molecule has 0 atom stereocenters.